The van der Waals surface area contributed by atoms with E-state index in [4.69, 9.17) is 33.7 Å². The molecule has 21 heavy (non-hydrogen) atoms. The van der Waals surface area contributed by atoms with Crippen LogP contribution < -0.4 is 10.5 Å². The maximum Gasteiger partial charge on any atom is 0.253 e. The van der Waals surface area contributed by atoms with Crippen molar-refractivity contribution in [1.29, 1.82) is 0 Å². The quantitative estimate of drug-likeness (QED) is 0.866. The van der Waals surface area contributed by atoms with Crippen LogP contribution in [0.4, 0.5) is 5.69 Å². The first-order valence-electron chi connectivity index (χ1n) is 6.12. The number of anilines is 1. The van der Waals surface area contributed by atoms with E-state index in [1.165, 1.54) is 4.90 Å². The number of benzene rings is 2. The summed E-state index contributed by atoms with van der Waals surface area (Å²) in [6, 6.07) is 9.73. The fourth-order valence-electron chi connectivity index (χ4n) is 1.69. The topological polar surface area (TPSA) is 55.6 Å². The maximum absolute atomic E-state index is 12.0. The Balaban J connectivity index is 2.35. The normalized spacial score (nSPS) is 10.3. The molecule has 2 rings (SSSR count). The summed E-state index contributed by atoms with van der Waals surface area (Å²) in [5.41, 5.74) is 6.77. The van der Waals surface area contributed by atoms with Gasteiger partial charge in [-0.15, -0.1) is 0 Å². The fraction of sp³-hybridized carbons (Fsp3) is 0.133. The average molecular weight is 325 g/mol. The Hall–Kier alpha value is -1.91. The second kappa shape index (κ2) is 6.24. The molecular formula is C15H14Cl2N2O2. The second-order valence-corrected chi connectivity index (χ2v) is 5.47. The average Bonchev–Trinajstić information content (AvgIpc) is 2.43. The number of hydrogen-bond donors (Lipinski definition) is 1. The van der Waals surface area contributed by atoms with Crippen LogP contribution in [0.15, 0.2) is 36.4 Å². The highest BCUT2D eigenvalue weighted by Gasteiger charge is 2.12. The molecule has 0 fully saturated rings. The Morgan fingerprint density at radius 3 is 2.43 bits per heavy atom. The summed E-state index contributed by atoms with van der Waals surface area (Å²) < 4.78 is 5.68. The van der Waals surface area contributed by atoms with E-state index in [1.54, 1.807) is 50.5 Å². The predicted octanol–water partition coefficient (Wildman–Crippen LogP) is 4.07. The van der Waals surface area contributed by atoms with Crippen LogP contribution in [0.25, 0.3) is 0 Å². The molecule has 2 aromatic carbocycles. The number of nitrogen functional groups attached to an aromatic ring is 1. The van der Waals surface area contributed by atoms with Crippen molar-refractivity contribution in [1.82, 2.24) is 4.90 Å². The first-order valence-corrected chi connectivity index (χ1v) is 6.88. The molecule has 0 aliphatic carbocycles. The highest BCUT2D eigenvalue weighted by Crippen LogP contribution is 2.34. The summed E-state index contributed by atoms with van der Waals surface area (Å²) in [6.07, 6.45) is 0. The van der Waals surface area contributed by atoms with Crippen molar-refractivity contribution in [3.05, 3.63) is 52.0 Å². The standard InChI is InChI=1S/C15H14Cl2N2O2/c1-19(2)15(20)9-3-5-12(18)14(7-9)21-13-6-4-10(16)8-11(13)17/h3-8H,18H2,1-2H3. The summed E-state index contributed by atoms with van der Waals surface area (Å²) in [5.74, 6) is 0.649. The maximum atomic E-state index is 12.0. The lowest BCUT2D eigenvalue weighted by atomic mass is 10.1. The molecule has 0 radical (unpaired) electrons. The summed E-state index contributed by atoms with van der Waals surface area (Å²) >= 11 is 11.9. The molecule has 110 valence electrons. The molecule has 0 atom stereocenters. The van der Waals surface area contributed by atoms with Crippen molar-refractivity contribution in [2.75, 3.05) is 19.8 Å². The number of carbonyl (C=O) groups is 1. The van der Waals surface area contributed by atoms with Crippen LogP contribution in [0.5, 0.6) is 11.5 Å². The number of rotatable bonds is 3. The lowest BCUT2D eigenvalue weighted by molar-refractivity contribution is 0.0827. The van der Waals surface area contributed by atoms with Crippen molar-refractivity contribution in [2.24, 2.45) is 0 Å². The first-order chi connectivity index (χ1) is 9.88. The van der Waals surface area contributed by atoms with Gasteiger partial charge in [0.2, 0.25) is 0 Å². The molecular weight excluding hydrogens is 311 g/mol. The van der Waals surface area contributed by atoms with Gasteiger partial charge in [-0.3, -0.25) is 4.79 Å². The Bertz CT molecular complexity index is 687. The highest BCUT2D eigenvalue weighted by atomic mass is 35.5. The van der Waals surface area contributed by atoms with Gasteiger partial charge < -0.3 is 15.4 Å². The lowest BCUT2D eigenvalue weighted by Crippen LogP contribution is -2.21. The van der Waals surface area contributed by atoms with Crippen LogP contribution in [-0.2, 0) is 0 Å². The number of amides is 1. The molecule has 0 heterocycles. The monoisotopic (exact) mass is 324 g/mol. The van der Waals surface area contributed by atoms with Crippen molar-refractivity contribution >= 4 is 34.8 Å². The molecule has 2 N–H and O–H groups in total. The van der Waals surface area contributed by atoms with Gasteiger partial charge in [-0.2, -0.15) is 0 Å². The second-order valence-electron chi connectivity index (χ2n) is 4.63. The van der Waals surface area contributed by atoms with Gasteiger partial charge in [0.1, 0.15) is 5.75 Å². The Kier molecular flexibility index (Phi) is 4.60. The molecule has 0 saturated carbocycles. The summed E-state index contributed by atoms with van der Waals surface area (Å²) in [6.45, 7) is 0. The fourth-order valence-corrected chi connectivity index (χ4v) is 2.14. The Labute approximate surface area is 133 Å². The molecule has 0 bridgehead atoms. The summed E-state index contributed by atoms with van der Waals surface area (Å²) in [7, 11) is 3.35. The minimum absolute atomic E-state index is 0.137. The van der Waals surface area contributed by atoms with E-state index in [-0.39, 0.29) is 5.91 Å². The zero-order chi connectivity index (χ0) is 15.6. The lowest BCUT2D eigenvalue weighted by Gasteiger charge is -2.14. The van der Waals surface area contributed by atoms with Gasteiger partial charge in [0.05, 0.1) is 10.7 Å². The summed E-state index contributed by atoms with van der Waals surface area (Å²) in [4.78, 5) is 13.4. The molecule has 0 unspecified atom stereocenters. The van der Waals surface area contributed by atoms with Gasteiger partial charge in [-0.25, -0.2) is 0 Å². The number of nitrogens with two attached hydrogens (primary N) is 1. The van der Waals surface area contributed by atoms with Gasteiger partial charge in [0.15, 0.2) is 5.75 Å². The van der Waals surface area contributed by atoms with Crippen LogP contribution >= 0.6 is 23.2 Å². The minimum Gasteiger partial charge on any atom is -0.454 e. The molecule has 0 aliphatic heterocycles. The van der Waals surface area contributed by atoms with Crippen molar-refractivity contribution in [2.45, 2.75) is 0 Å². The highest BCUT2D eigenvalue weighted by molar-refractivity contribution is 6.35. The van der Waals surface area contributed by atoms with E-state index in [9.17, 15) is 4.79 Å². The van der Waals surface area contributed by atoms with E-state index < -0.39 is 0 Å². The van der Waals surface area contributed by atoms with E-state index in [0.717, 1.165) is 0 Å². The predicted molar refractivity (Wildman–Crippen MR) is 85.4 cm³/mol. The molecule has 2 aromatic rings. The molecule has 1 amide bonds. The van der Waals surface area contributed by atoms with E-state index in [0.29, 0.717) is 32.8 Å². The van der Waals surface area contributed by atoms with Gasteiger partial charge in [0, 0.05) is 24.7 Å². The van der Waals surface area contributed by atoms with Crippen molar-refractivity contribution < 1.29 is 9.53 Å². The van der Waals surface area contributed by atoms with Gasteiger partial charge in [-0.1, -0.05) is 23.2 Å². The SMILES string of the molecule is CN(C)C(=O)c1ccc(N)c(Oc2ccc(Cl)cc2Cl)c1. The van der Waals surface area contributed by atoms with Crippen molar-refractivity contribution in [3.8, 4) is 11.5 Å². The molecule has 0 saturated heterocycles. The zero-order valence-electron chi connectivity index (χ0n) is 11.6. The number of halogens is 2. The third kappa shape index (κ3) is 3.60. The molecule has 6 heteroatoms. The molecule has 4 nitrogen and oxygen atoms in total. The number of carbonyl (C=O) groups excluding carboxylic acids is 1. The number of ether oxygens (including phenoxy) is 1. The molecule has 0 aromatic heterocycles. The molecule has 0 aliphatic rings. The summed E-state index contributed by atoms with van der Waals surface area (Å²) in [5, 5.41) is 0.878. The zero-order valence-corrected chi connectivity index (χ0v) is 13.1. The van der Waals surface area contributed by atoms with E-state index >= 15 is 0 Å². The number of nitrogens with zero attached hydrogens (tertiary/aromatic N) is 1. The van der Waals surface area contributed by atoms with E-state index in [2.05, 4.69) is 0 Å². The largest absolute Gasteiger partial charge is 0.454 e. The third-order valence-corrected chi connectivity index (χ3v) is 3.31. The smallest absolute Gasteiger partial charge is 0.253 e. The third-order valence-electron chi connectivity index (χ3n) is 2.78. The van der Waals surface area contributed by atoms with Crippen LogP contribution in [-0.4, -0.2) is 24.9 Å². The van der Waals surface area contributed by atoms with Crippen LogP contribution in [0, 0.1) is 0 Å². The van der Waals surface area contributed by atoms with Crippen molar-refractivity contribution in [3.63, 3.8) is 0 Å². The first kappa shape index (κ1) is 15.5. The van der Waals surface area contributed by atoms with Gasteiger partial charge in [-0.05, 0) is 36.4 Å². The Morgan fingerprint density at radius 2 is 1.81 bits per heavy atom. The molecule has 0 spiro atoms. The Morgan fingerprint density at radius 1 is 1.10 bits per heavy atom. The van der Waals surface area contributed by atoms with E-state index in [1.807, 2.05) is 0 Å². The number of hydrogen-bond acceptors (Lipinski definition) is 3. The van der Waals surface area contributed by atoms with Gasteiger partial charge >= 0.3 is 0 Å². The van der Waals surface area contributed by atoms with Crippen LogP contribution in [0.1, 0.15) is 10.4 Å². The van der Waals surface area contributed by atoms with Crippen LogP contribution in [0.3, 0.4) is 0 Å². The van der Waals surface area contributed by atoms with Crippen LogP contribution in [0.2, 0.25) is 10.0 Å². The van der Waals surface area contributed by atoms with Gasteiger partial charge in [0.25, 0.3) is 5.91 Å². The minimum atomic E-state index is -0.137.